The molecule has 0 saturated carbocycles. The maximum atomic E-state index is 11.3. The van der Waals surface area contributed by atoms with E-state index in [1.165, 1.54) is 7.11 Å². The van der Waals surface area contributed by atoms with E-state index in [1.54, 1.807) is 6.92 Å². The van der Waals surface area contributed by atoms with E-state index in [-0.39, 0.29) is 0 Å². The molecule has 1 atom stereocenters. The minimum Gasteiger partial charge on any atom is -0.467 e. The highest BCUT2D eigenvalue weighted by atomic mass is 32.1. The highest BCUT2D eigenvalue weighted by molar-refractivity contribution is 7.96. The minimum atomic E-state index is -0.956. The maximum absolute atomic E-state index is 11.3. The molecule has 0 heterocycles. The molecule has 76 valence electrons. The number of thiol groups is 1. The van der Waals surface area contributed by atoms with Crippen LogP contribution in [-0.4, -0.2) is 23.9 Å². The summed E-state index contributed by atoms with van der Waals surface area (Å²) in [7, 11) is 1.29. The molecule has 0 rings (SSSR count). The number of rotatable bonds is 4. The number of carbonyl (C=O) groups excluding carboxylic acids is 2. The fraction of sp³-hybridized carbons (Fsp3) is 0.750. The van der Waals surface area contributed by atoms with E-state index in [0.29, 0.717) is 6.42 Å². The van der Waals surface area contributed by atoms with Crippen molar-refractivity contribution >= 4 is 23.8 Å². The molecule has 4 nitrogen and oxygen atoms in total. The van der Waals surface area contributed by atoms with Crippen LogP contribution in [-0.2, 0) is 9.53 Å². The molecule has 13 heavy (non-hydrogen) atoms. The quantitative estimate of drug-likeness (QED) is 0.538. The van der Waals surface area contributed by atoms with Gasteiger partial charge in [0.05, 0.1) is 7.11 Å². The molecular weight excluding hydrogens is 190 g/mol. The van der Waals surface area contributed by atoms with Crippen LogP contribution < -0.4 is 5.32 Å². The van der Waals surface area contributed by atoms with Crippen molar-refractivity contribution in [2.24, 2.45) is 0 Å². The van der Waals surface area contributed by atoms with E-state index in [0.717, 1.165) is 6.42 Å². The second-order valence-electron chi connectivity index (χ2n) is 3.00. The van der Waals surface area contributed by atoms with Crippen LogP contribution in [0.1, 0.15) is 26.7 Å². The molecule has 0 aromatic heterocycles. The molecule has 1 N–H and O–H groups in total. The monoisotopic (exact) mass is 205 g/mol. The Labute approximate surface area is 83.4 Å². The minimum absolute atomic E-state index is 0.447. The van der Waals surface area contributed by atoms with Gasteiger partial charge >= 0.3 is 5.97 Å². The van der Waals surface area contributed by atoms with Gasteiger partial charge in [-0.25, -0.2) is 4.79 Å². The highest BCUT2D eigenvalue weighted by Crippen LogP contribution is 2.14. The van der Waals surface area contributed by atoms with Crippen molar-refractivity contribution in [3.8, 4) is 0 Å². The maximum Gasteiger partial charge on any atom is 0.331 e. The lowest BCUT2D eigenvalue weighted by atomic mass is 9.97. The summed E-state index contributed by atoms with van der Waals surface area (Å²) in [5, 5.41) is 1.93. The van der Waals surface area contributed by atoms with Gasteiger partial charge in [0.15, 0.2) is 0 Å². The van der Waals surface area contributed by atoms with Gasteiger partial charge in [-0.15, -0.1) is 0 Å². The van der Waals surface area contributed by atoms with Gasteiger partial charge in [0, 0.05) is 0 Å². The Morgan fingerprint density at radius 3 is 2.38 bits per heavy atom. The van der Waals surface area contributed by atoms with Crippen molar-refractivity contribution in [3.05, 3.63) is 0 Å². The van der Waals surface area contributed by atoms with Crippen LogP contribution in [0.3, 0.4) is 0 Å². The van der Waals surface area contributed by atoms with E-state index in [4.69, 9.17) is 0 Å². The van der Waals surface area contributed by atoms with Crippen LogP contribution in [0.5, 0.6) is 0 Å². The fourth-order valence-corrected chi connectivity index (χ4v) is 1.42. The molecule has 5 heteroatoms. The third-order valence-electron chi connectivity index (χ3n) is 1.77. The standard InChI is InChI=1S/C8H15NO3S/c1-4-5-8(2,6(10)12-3)9-7(11)13/h4-5H2,1-3H3,(H2,9,11,13)/t8-/m0/s1. The first-order chi connectivity index (χ1) is 5.96. The average Bonchev–Trinajstić information content (AvgIpc) is 2.02. The lowest BCUT2D eigenvalue weighted by Crippen LogP contribution is -2.51. The Morgan fingerprint density at radius 2 is 2.08 bits per heavy atom. The smallest absolute Gasteiger partial charge is 0.331 e. The second-order valence-corrected chi connectivity index (χ2v) is 3.41. The Balaban J connectivity index is 4.50. The molecular formula is C8H15NO3S. The van der Waals surface area contributed by atoms with Crippen LogP contribution in [0.25, 0.3) is 0 Å². The third kappa shape index (κ3) is 3.67. The number of nitrogens with one attached hydrogen (secondary N) is 1. The second kappa shape index (κ2) is 5.11. The summed E-state index contributed by atoms with van der Waals surface area (Å²) in [4.78, 5) is 22.0. The predicted octanol–water partition coefficient (Wildman–Crippen LogP) is 1.36. The van der Waals surface area contributed by atoms with Gasteiger partial charge in [0.1, 0.15) is 5.54 Å². The van der Waals surface area contributed by atoms with Gasteiger partial charge in [-0.2, -0.15) is 0 Å². The van der Waals surface area contributed by atoms with Crippen molar-refractivity contribution < 1.29 is 14.3 Å². The normalized spacial score (nSPS) is 14.5. The van der Waals surface area contributed by atoms with Gasteiger partial charge in [0.25, 0.3) is 5.24 Å². The summed E-state index contributed by atoms with van der Waals surface area (Å²) in [5.41, 5.74) is -0.956. The molecule has 1 amide bonds. The Bertz CT molecular complexity index is 208. The van der Waals surface area contributed by atoms with Crippen molar-refractivity contribution in [2.45, 2.75) is 32.2 Å². The SMILES string of the molecule is CCC[C@](C)(NC(=O)S)C(=O)OC. The van der Waals surface area contributed by atoms with Gasteiger partial charge in [-0.3, -0.25) is 4.79 Å². The van der Waals surface area contributed by atoms with Crippen LogP contribution in [0.4, 0.5) is 4.79 Å². The Morgan fingerprint density at radius 1 is 1.54 bits per heavy atom. The van der Waals surface area contributed by atoms with Crippen molar-refractivity contribution in [2.75, 3.05) is 7.11 Å². The molecule has 0 spiro atoms. The third-order valence-corrected chi connectivity index (χ3v) is 1.88. The Hall–Kier alpha value is -0.710. The zero-order chi connectivity index (χ0) is 10.5. The van der Waals surface area contributed by atoms with E-state index < -0.39 is 16.7 Å². The van der Waals surface area contributed by atoms with Gasteiger partial charge in [-0.05, 0) is 13.3 Å². The largest absolute Gasteiger partial charge is 0.467 e. The van der Waals surface area contributed by atoms with Gasteiger partial charge in [0.2, 0.25) is 0 Å². The topological polar surface area (TPSA) is 55.4 Å². The van der Waals surface area contributed by atoms with Crippen LogP contribution in [0.15, 0.2) is 0 Å². The molecule has 0 bridgehead atoms. The first-order valence-electron chi connectivity index (χ1n) is 4.05. The van der Waals surface area contributed by atoms with E-state index in [2.05, 4.69) is 22.7 Å². The first kappa shape index (κ1) is 12.3. The average molecular weight is 205 g/mol. The molecule has 0 aromatic rings. The van der Waals surface area contributed by atoms with Crippen LogP contribution in [0.2, 0.25) is 0 Å². The summed E-state index contributed by atoms with van der Waals surface area (Å²) < 4.78 is 4.58. The number of methoxy groups -OCH3 is 1. The summed E-state index contributed by atoms with van der Waals surface area (Å²) >= 11 is 3.56. The lowest BCUT2D eigenvalue weighted by Gasteiger charge is -2.26. The summed E-state index contributed by atoms with van der Waals surface area (Å²) in [6.45, 7) is 3.54. The van der Waals surface area contributed by atoms with E-state index in [1.807, 2.05) is 6.92 Å². The number of carbonyl (C=O) groups is 2. The van der Waals surface area contributed by atoms with Crippen LogP contribution >= 0.6 is 12.6 Å². The van der Waals surface area contributed by atoms with E-state index in [9.17, 15) is 9.59 Å². The molecule has 0 aliphatic carbocycles. The van der Waals surface area contributed by atoms with Crippen molar-refractivity contribution in [1.82, 2.24) is 5.32 Å². The zero-order valence-corrected chi connectivity index (χ0v) is 8.98. The summed E-state index contributed by atoms with van der Waals surface area (Å²) in [6.07, 6.45) is 1.31. The summed E-state index contributed by atoms with van der Waals surface area (Å²) in [5.74, 6) is -0.447. The number of esters is 1. The highest BCUT2D eigenvalue weighted by Gasteiger charge is 2.34. The summed E-state index contributed by atoms with van der Waals surface area (Å²) in [6, 6.07) is 0. The Kier molecular flexibility index (Phi) is 4.83. The number of ether oxygens (including phenoxy) is 1. The molecule has 0 aliphatic rings. The number of hydrogen-bond acceptors (Lipinski definition) is 3. The molecule has 0 aromatic carbocycles. The van der Waals surface area contributed by atoms with E-state index >= 15 is 0 Å². The zero-order valence-electron chi connectivity index (χ0n) is 8.09. The number of hydrogen-bond donors (Lipinski definition) is 2. The molecule has 0 fully saturated rings. The van der Waals surface area contributed by atoms with Gasteiger partial charge in [-0.1, -0.05) is 26.0 Å². The van der Waals surface area contributed by atoms with Gasteiger partial charge < -0.3 is 10.1 Å². The predicted molar refractivity (Wildman–Crippen MR) is 52.8 cm³/mol. The first-order valence-corrected chi connectivity index (χ1v) is 4.50. The molecule has 0 aliphatic heterocycles. The molecule has 0 radical (unpaired) electrons. The molecule has 0 saturated heterocycles. The van der Waals surface area contributed by atoms with Crippen molar-refractivity contribution in [3.63, 3.8) is 0 Å². The lowest BCUT2D eigenvalue weighted by molar-refractivity contribution is -0.147. The molecule has 0 unspecified atom stereocenters. The van der Waals surface area contributed by atoms with Crippen molar-refractivity contribution in [1.29, 1.82) is 0 Å². The van der Waals surface area contributed by atoms with Crippen LogP contribution in [0, 0.1) is 0 Å². The number of amides is 1. The fourth-order valence-electron chi connectivity index (χ4n) is 1.18.